The van der Waals surface area contributed by atoms with Crippen LogP contribution in [0.15, 0.2) is 54.6 Å². The SMILES string of the molecule is N#Cc1ccc([C@@H](Nc2ccccc2)[C@H]2CCCCC2=O)cc1. The molecule has 1 saturated carbocycles. The lowest BCUT2D eigenvalue weighted by atomic mass is 9.80. The van der Waals surface area contributed by atoms with Crippen molar-refractivity contribution in [3.05, 3.63) is 65.7 Å². The molecular formula is C20H20N2O. The molecule has 0 radical (unpaired) electrons. The summed E-state index contributed by atoms with van der Waals surface area (Å²) in [7, 11) is 0. The smallest absolute Gasteiger partial charge is 0.138 e. The quantitative estimate of drug-likeness (QED) is 0.906. The Kier molecular flexibility index (Phi) is 4.73. The highest BCUT2D eigenvalue weighted by Gasteiger charge is 2.31. The highest BCUT2D eigenvalue weighted by atomic mass is 16.1. The van der Waals surface area contributed by atoms with Gasteiger partial charge < -0.3 is 5.32 Å². The number of nitrogens with one attached hydrogen (secondary N) is 1. The highest BCUT2D eigenvalue weighted by molar-refractivity contribution is 5.83. The summed E-state index contributed by atoms with van der Waals surface area (Å²) in [5.41, 5.74) is 2.72. The molecule has 0 aromatic heterocycles. The van der Waals surface area contributed by atoms with Gasteiger partial charge in [0.25, 0.3) is 0 Å². The Bertz CT molecular complexity index is 701. The zero-order chi connectivity index (χ0) is 16.1. The zero-order valence-electron chi connectivity index (χ0n) is 13.0. The average molecular weight is 304 g/mol. The number of rotatable bonds is 4. The van der Waals surface area contributed by atoms with Crippen molar-refractivity contribution in [2.45, 2.75) is 31.7 Å². The molecule has 1 aliphatic rings. The van der Waals surface area contributed by atoms with Crippen molar-refractivity contribution in [1.82, 2.24) is 0 Å². The maximum Gasteiger partial charge on any atom is 0.138 e. The van der Waals surface area contributed by atoms with Gasteiger partial charge in [0.15, 0.2) is 0 Å². The molecule has 3 rings (SSSR count). The normalized spacial score (nSPS) is 18.9. The molecule has 0 bridgehead atoms. The minimum absolute atomic E-state index is 0.00288. The topological polar surface area (TPSA) is 52.9 Å². The van der Waals surface area contributed by atoms with E-state index in [0.29, 0.717) is 17.8 Å². The molecule has 0 heterocycles. The van der Waals surface area contributed by atoms with Crippen LogP contribution in [0.1, 0.15) is 42.9 Å². The third-order valence-corrected chi connectivity index (χ3v) is 4.50. The molecule has 1 aliphatic carbocycles. The fourth-order valence-corrected chi connectivity index (χ4v) is 3.26. The number of nitriles is 1. The molecule has 0 amide bonds. The van der Waals surface area contributed by atoms with Crippen LogP contribution in [0, 0.1) is 17.2 Å². The van der Waals surface area contributed by atoms with Crippen LogP contribution in [0.25, 0.3) is 0 Å². The minimum atomic E-state index is -0.0436. The van der Waals surface area contributed by atoms with Crippen molar-refractivity contribution < 1.29 is 4.79 Å². The summed E-state index contributed by atoms with van der Waals surface area (Å²) in [5.74, 6) is 0.339. The third-order valence-electron chi connectivity index (χ3n) is 4.50. The van der Waals surface area contributed by atoms with E-state index >= 15 is 0 Å². The van der Waals surface area contributed by atoms with Crippen LogP contribution in [-0.4, -0.2) is 5.78 Å². The first-order valence-electron chi connectivity index (χ1n) is 8.12. The van der Waals surface area contributed by atoms with E-state index in [-0.39, 0.29) is 12.0 Å². The molecule has 2 aromatic carbocycles. The molecule has 1 N–H and O–H groups in total. The van der Waals surface area contributed by atoms with Crippen LogP contribution in [-0.2, 0) is 4.79 Å². The van der Waals surface area contributed by atoms with Gasteiger partial charge in [-0.1, -0.05) is 36.8 Å². The van der Waals surface area contributed by atoms with Gasteiger partial charge in [-0.3, -0.25) is 4.79 Å². The summed E-state index contributed by atoms with van der Waals surface area (Å²) in [5, 5.41) is 12.5. The third kappa shape index (κ3) is 3.60. The molecule has 2 atom stereocenters. The van der Waals surface area contributed by atoms with Gasteiger partial charge in [-0.05, 0) is 42.7 Å². The van der Waals surface area contributed by atoms with Gasteiger partial charge in [-0.2, -0.15) is 5.26 Å². The van der Waals surface area contributed by atoms with E-state index in [1.165, 1.54) is 0 Å². The van der Waals surface area contributed by atoms with E-state index in [1.54, 1.807) is 0 Å². The largest absolute Gasteiger partial charge is 0.378 e. The van der Waals surface area contributed by atoms with Crippen LogP contribution in [0.5, 0.6) is 0 Å². The molecule has 0 unspecified atom stereocenters. The standard InChI is InChI=1S/C20H20N2O/c21-14-15-10-12-16(13-11-15)20(18-8-4-5-9-19(18)23)22-17-6-2-1-3-7-17/h1-3,6-7,10-13,18,20,22H,4-5,8-9H2/t18-,20+/m0/s1. The Morgan fingerprint density at radius 2 is 1.78 bits per heavy atom. The van der Waals surface area contributed by atoms with Crippen LogP contribution in [0.2, 0.25) is 0 Å². The first kappa shape index (κ1) is 15.3. The lowest BCUT2D eigenvalue weighted by Gasteiger charge is -2.31. The molecule has 3 nitrogen and oxygen atoms in total. The van der Waals surface area contributed by atoms with Gasteiger partial charge in [-0.15, -0.1) is 0 Å². The van der Waals surface area contributed by atoms with Crippen molar-refractivity contribution in [2.75, 3.05) is 5.32 Å². The number of ketones is 1. The van der Waals surface area contributed by atoms with E-state index in [0.717, 1.165) is 30.5 Å². The molecule has 1 fully saturated rings. The number of carbonyl (C=O) groups excluding carboxylic acids is 1. The Hall–Kier alpha value is -2.60. The van der Waals surface area contributed by atoms with E-state index in [2.05, 4.69) is 11.4 Å². The van der Waals surface area contributed by atoms with Gasteiger partial charge in [0.05, 0.1) is 17.7 Å². The van der Waals surface area contributed by atoms with Crippen molar-refractivity contribution in [2.24, 2.45) is 5.92 Å². The van der Waals surface area contributed by atoms with Gasteiger partial charge in [0, 0.05) is 18.0 Å². The number of hydrogen-bond acceptors (Lipinski definition) is 3. The summed E-state index contributed by atoms with van der Waals surface area (Å²) >= 11 is 0. The second-order valence-electron chi connectivity index (χ2n) is 6.04. The molecule has 116 valence electrons. The summed E-state index contributed by atoms with van der Waals surface area (Å²) in [6, 6.07) is 19.7. The fourth-order valence-electron chi connectivity index (χ4n) is 3.26. The number of nitrogens with zero attached hydrogens (tertiary/aromatic N) is 1. The van der Waals surface area contributed by atoms with E-state index < -0.39 is 0 Å². The first-order chi connectivity index (χ1) is 11.3. The minimum Gasteiger partial charge on any atom is -0.378 e. The Morgan fingerprint density at radius 1 is 1.04 bits per heavy atom. The van der Waals surface area contributed by atoms with E-state index in [9.17, 15) is 4.79 Å². The van der Waals surface area contributed by atoms with Gasteiger partial charge in [0.1, 0.15) is 5.78 Å². The van der Waals surface area contributed by atoms with Gasteiger partial charge in [0.2, 0.25) is 0 Å². The number of anilines is 1. The van der Waals surface area contributed by atoms with E-state index in [4.69, 9.17) is 5.26 Å². The number of hydrogen-bond donors (Lipinski definition) is 1. The van der Waals surface area contributed by atoms with Crippen LogP contribution in [0.3, 0.4) is 0 Å². The Morgan fingerprint density at radius 3 is 2.43 bits per heavy atom. The Balaban J connectivity index is 1.91. The van der Waals surface area contributed by atoms with Gasteiger partial charge in [-0.25, -0.2) is 0 Å². The lowest BCUT2D eigenvalue weighted by molar-refractivity contribution is -0.125. The number of para-hydroxylation sites is 1. The van der Waals surface area contributed by atoms with Crippen molar-refractivity contribution in [3.63, 3.8) is 0 Å². The molecule has 0 saturated heterocycles. The van der Waals surface area contributed by atoms with Crippen molar-refractivity contribution >= 4 is 11.5 Å². The van der Waals surface area contributed by atoms with E-state index in [1.807, 2.05) is 54.6 Å². The van der Waals surface area contributed by atoms with Crippen LogP contribution >= 0.6 is 0 Å². The second-order valence-corrected chi connectivity index (χ2v) is 6.04. The summed E-state index contributed by atoms with van der Waals surface area (Å²) in [6.07, 6.45) is 3.69. The number of benzene rings is 2. The fraction of sp³-hybridized carbons (Fsp3) is 0.300. The number of carbonyl (C=O) groups is 1. The molecule has 23 heavy (non-hydrogen) atoms. The van der Waals surface area contributed by atoms with Gasteiger partial charge >= 0.3 is 0 Å². The monoisotopic (exact) mass is 304 g/mol. The molecule has 2 aromatic rings. The Labute approximate surface area is 137 Å². The summed E-state index contributed by atoms with van der Waals surface area (Å²) in [4.78, 5) is 12.4. The zero-order valence-corrected chi connectivity index (χ0v) is 13.0. The highest BCUT2D eigenvalue weighted by Crippen LogP contribution is 2.34. The molecule has 0 spiro atoms. The van der Waals surface area contributed by atoms with Crippen molar-refractivity contribution in [3.8, 4) is 6.07 Å². The number of Topliss-reactive ketones (excluding diaryl/α,β-unsaturated/α-hetero) is 1. The molecular weight excluding hydrogens is 284 g/mol. The lowest BCUT2D eigenvalue weighted by Crippen LogP contribution is -2.30. The predicted octanol–water partition coefficient (Wildman–Crippen LogP) is 4.47. The van der Waals surface area contributed by atoms with Crippen LogP contribution < -0.4 is 5.32 Å². The maximum absolute atomic E-state index is 12.4. The predicted molar refractivity (Wildman–Crippen MR) is 90.9 cm³/mol. The summed E-state index contributed by atoms with van der Waals surface area (Å²) in [6.45, 7) is 0. The molecule has 0 aliphatic heterocycles. The molecule has 3 heteroatoms. The second kappa shape index (κ2) is 7.11. The first-order valence-corrected chi connectivity index (χ1v) is 8.12. The van der Waals surface area contributed by atoms with Crippen molar-refractivity contribution in [1.29, 1.82) is 5.26 Å². The summed E-state index contributed by atoms with van der Waals surface area (Å²) < 4.78 is 0. The van der Waals surface area contributed by atoms with Crippen LogP contribution in [0.4, 0.5) is 5.69 Å². The maximum atomic E-state index is 12.4. The average Bonchev–Trinajstić information content (AvgIpc) is 2.61.